The highest BCUT2D eigenvalue weighted by atomic mass is 19.4. The van der Waals surface area contributed by atoms with Crippen LogP contribution in [0.25, 0.3) is 0 Å². The zero-order valence-corrected chi connectivity index (χ0v) is 5.32. The van der Waals surface area contributed by atoms with E-state index in [4.69, 9.17) is 0 Å². The fourth-order valence-corrected chi connectivity index (χ4v) is 0.651. The van der Waals surface area contributed by atoms with Crippen molar-refractivity contribution >= 4 is 0 Å². The molecule has 0 N–H and O–H groups in total. The molecule has 0 aromatic heterocycles. The van der Waals surface area contributed by atoms with Crippen LogP contribution in [0.3, 0.4) is 0 Å². The van der Waals surface area contributed by atoms with Crippen molar-refractivity contribution in [2.24, 2.45) is 0 Å². The number of hydrogen-bond acceptors (Lipinski definition) is 1. The van der Waals surface area contributed by atoms with Crippen LogP contribution in [0.4, 0.5) is 13.2 Å². The Morgan fingerprint density at radius 3 is 2.30 bits per heavy atom. The summed E-state index contributed by atoms with van der Waals surface area (Å²) in [5.74, 6) is 0. The summed E-state index contributed by atoms with van der Waals surface area (Å²) >= 11 is 0. The second-order valence-electron chi connectivity index (χ2n) is 2.31. The first-order valence-corrected chi connectivity index (χ1v) is 3.08. The number of hydrogen-bond donors (Lipinski definition) is 0. The average Bonchev–Trinajstić information content (AvgIpc) is 1.56. The maximum atomic E-state index is 11.4. The molecule has 1 rings (SSSR count). The van der Waals surface area contributed by atoms with Gasteiger partial charge in [0.15, 0.2) is 0 Å². The first-order valence-electron chi connectivity index (χ1n) is 3.08. The predicted molar refractivity (Wildman–Crippen MR) is 29.3 cm³/mol. The summed E-state index contributed by atoms with van der Waals surface area (Å²) in [4.78, 5) is 0. The molecule has 4 heteroatoms. The van der Waals surface area contributed by atoms with Gasteiger partial charge in [0, 0.05) is 0 Å². The summed E-state index contributed by atoms with van der Waals surface area (Å²) in [5, 5.41) is 0. The molecule has 0 amide bonds. The van der Waals surface area contributed by atoms with E-state index in [1.165, 1.54) is 0 Å². The molecule has 59 valence electrons. The van der Waals surface area contributed by atoms with Crippen molar-refractivity contribution in [3.05, 3.63) is 6.42 Å². The molecule has 0 spiro atoms. The Labute approximate surface area is 57.2 Å². The van der Waals surface area contributed by atoms with Crippen LogP contribution >= 0.6 is 0 Å². The largest absolute Gasteiger partial charge is 0.411 e. The van der Waals surface area contributed by atoms with Gasteiger partial charge in [0.2, 0.25) is 0 Å². The van der Waals surface area contributed by atoms with Gasteiger partial charge in [-0.15, -0.1) is 0 Å². The van der Waals surface area contributed by atoms with Gasteiger partial charge >= 0.3 is 6.18 Å². The van der Waals surface area contributed by atoms with Crippen molar-refractivity contribution in [1.29, 1.82) is 0 Å². The van der Waals surface area contributed by atoms with Crippen LogP contribution in [0.1, 0.15) is 12.8 Å². The van der Waals surface area contributed by atoms with Gasteiger partial charge < -0.3 is 4.74 Å². The van der Waals surface area contributed by atoms with Crippen molar-refractivity contribution in [2.45, 2.75) is 25.1 Å². The third kappa shape index (κ3) is 2.56. The molecule has 0 aromatic carbocycles. The van der Waals surface area contributed by atoms with Crippen LogP contribution in [0.2, 0.25) is 0 Å². The molecule has 1 fully saturated rings. The smallest absolute Gasteiger partial charge is 0.369 e. The SMILES string of the molecule is FC(F)(F)COC1C[CH]C1. The second-order valence-corrected chi connectivity index (χ2v) is 2.31. The minimum Gasteiger partial charge on any atom is -0.369 e. The first kappa shape index (κ1) is 7.85. The number of ether oxygens (including phenoxy) is 1. The predicted octanol–water partition coefficient (Wildman–Crippen LogP) is 1.93. The van der Waals surface area contributed by atoms with Gasteiger partial charge in [-0.3, -0.25) is 0 Å². The Bertz CT molecular complexity index is 106. The number of halogens is 3. The molecule has 0 unspecified atom stereocenters. The van der Waals surface area contributed by atoms with Gasteiger partial charge in [0.1, 0.15) is 6.61 Å². The second kappa shape index (κ2) is 2.78. The molecule has 0 heterocycles. The van der Waals surface area contributed by atoms with Crippen LogP contribution in [-0.2, 0) is 4.74 Å². The third-order valence-corrected chi connectivity index (χ3v) is 1.34. The Balaban J connectivity index is 2.04. The van der Waals surface area contributed by atoms with Crippen LogP contribution in [0.15, 0.2) is 0 Å². The van der Waals surface area contributed by atoms with E-state index in [2.05, 4.69) is 4.74 Å². The van der Waals surface area contributed by atoms with E-state index in [0.717, 1.165) is 0 Å². The molecule has 0 saturated heterocycles. The highest BCUT2D eigenvalue weighted by Crippen LogP contribution is 2.24. The molecule has 0 aliphatic heterocycles. The van der Waals surface area contributed by atoms with Crippen molar-refractivity contribution in [2.75, 3.05) is 6.61 Å². The topological polar surface area (TPSA) is 9.23 Å². The van der Waals surface area contributed by atoms with Gasteiger partial charge in [0.05, 0.1) is 6.10 Å². The maximum Gasteiger partial charge on any atom is 0.411 e. The maximum absolute atomic E-state index is 11.4. The summed E-state index contributed by atoms with van der Waals surface area (Å²) < 4.78 is 38.8. The Kier molecular flexibility index (Phi) is 2.18. The summed E-state index contributed by atoms with van der Waals surface area (Å²) in [6.07, 6.45) is -1.12. The van der Waals surface area contributed by atoms with E-state index < -0.39 is 12.8 Å². The van der Waals surface area contributed by atoms with E-state index in [1.807, 2.05) is 6.42 Å². The quantitative estimate of drug-likeness (QED) is 0.589. The molecule has 1 aliphatic carbocycles. The van der Waals surface area contributed by atoms with E-state index in [9.17, 15) is 13.2 Å². The highest BCUT2D eigenvalue weighted by Gasteiger charge is 2.30. The molecular weight excluding hydrogens is 145 g/mol. The monoisotopic (exact) mass is 153 g/mol. The number of rotatable bonds is 2. The minimum absolute atomic E-state index is 0.179. The zero-order valence-electron chi connectivity index (χ0n) is 5.32. The van der Waals surface area contributed by atoms with Gasteiger partial charge in [-0.2, -0.15) is 13.2 Å². The lowest BCUT2D eigenvalue weighted by atomic mass is 9.96. The Hall–Kier alpha value is -0.250. The lowest BCUT2D eigenvalue weighted by Gasteiger charge is -2.25. The van der Waals surface area contributed by atoms with Gasteiger partial charge in [-0.25, -0.2) is 0 Å². The molecule has 1 saturated carbocycles. The third-order valence-electron chi connectivity index (χ3n) is 1.34. The van der Waals surface area contributed by atoms with Crippen molar-refractivity contribution in [3.8, 4) is 0 Å². The Morgan fingerprint density at radius 1 is 1.40 bits per heavy atom. The summed E-state index contributed by atoms with van der Waals surface area (Å²) in [7, 11) is 0. The molecule has 0 bridgehead atoms. The van der Waals surface area contributed by atoms with E-state index in [-0.39, 0.29) is 6.10 Å². The van der Waals surface area contributed by atoms with Gasteiger partial charge in [-0.05, 0) is 19.3 Å². The molecule has 1 radical (unpaired) electrons. The molecule has 1 aliphatic rings. The highest BCUT2D eigenvalue weighted by molar-refractivity contribution is 4.86. The summed E-state index contributed by atoms with van der Waals surface area (Å²) in [6.45, 7) is -1.11. The van der Waals surface area contributed by atoms with Crippen LogP contribution in [0.5, 0.6) is 0 Å². The summed E-state index contributed by atoms with van der Waals surface area (Å²) in [5.41, 5.74) is 0. The lowest BCUT2D eigenvalue weighted by Crippen LogP contribution is -2.28. The van der Waals surface area contributed by atoms with Crippen molar-refractivity contribution < 1.29 is 17.9 Å². The fraction of sp³-hybridized carbons (Fsp3) is 0.833. The van der Waals surface area contributed by atoms with E-state index >= 15 is 0 Å². The van der Waals surface area contributed by atoms with E-state index in [0.29, 0.717) is 12.8 Å². The van der Waals surface area contributed by atoms with Crippen molar-refractivity contribution in [1.82, 2.24) is 0 Å². The normalized spacial score (nSPS) is 20.7. The van der Waals surface area contributed by atoms with Crippen molar-refractivity contribution in [3.63, 3.8) is 0 Å². The first-order chi connectivity index (χ1) is 4.58. The lowest BCUT2D eigenvalue weighted by molar-refractivity contribution is -0.189. The molecule has 1 nitrogen and oxygen atoms in total. The van der Waals surface area contributed by atoms with Crippen LogP contribution in [-0.4, -0.2) is 18.9 Å². The minimum atomic E-state index is -4.17. The Morgan fingerprint density at radius 2 is 2.00 bits per heavy atom. The summed E-state index contributed by atoms with van der Waals surface area (Å²) in [6, 6.07) is 0. The molecule has 0 atom stereocenters. The van der Waals surface area contributed by atoms with E-state index in [1.54, 1.807) is 0 Å². The average molecular weight is 153 g/mol. The fourth-order valence-electron chi connectivity index (χ4n) is 0.651. The van der Waals surface area contributed by atoms with Crippen LogP contribution in [0, 0.1) is 6.42 Å². The molecule has 0 aromatic rings. The molecule has 10 heavy (non-hydrogen) atoms. The number of alkyl halides is 3. The van der Waals surface area contributed by atoms with Crippen LogP contribution < -0.4 is 0 Å². The molecular formula is C6H8F3O. The van der Waals surface area contributed by atoms with Gasteiger partial charge in [0.25, 0.3) is 0 Å². The van der Waals surface area contributed by atoms with Gasteiger partial charge in [-0.1, -0.05) is 0 Å². The standard InChI is InChI=1S/C6H8F3O/c7-6(8,9)4-10-5-2-1-3-5/h1,5H,2-4H2. The zero-order chi connectivity index (χ0) is 7.61.